The van der Waals surface area contributed by atoms with Gasteiger partial charge < -0.3 is 13.9 Å². The molecule has 0 aromatic rings. The Morgan fingerprint density at radius 1 is 1.07 bits per heavy atom. The van der Waals surface area contributed by atoms with E-state index >= 15 is 0 Å². The molecule has 5 rings (SSSR count). The number of ketones is 1. The molecule has 6 heteroatoms. The lowest BCUT2D eigenvalue weighted by atomic mass is 9.46. The molecule has 1 heterocycles. The first kappa shape index (κ1) is 31.4. The average Bonchev–Trinajstić information content (AvgIpc) is 3.25. The molecule has 3 saturated carbocycles. The van der Waals surface area contributed by atoms with Gasteiger partial charge in [-0.05, 0) is 129 Å². The van der Waals surface area contributed by atoms with Crippen molar-refractivity contribution in [3.8, 4) is 0 Å². The number of hydrogen-bond acceptors (Lipinski definition) is 5. The van der Waals surface area contributed by atoms with Crippen LogP contribution in [0.25, 0.3) is 0 Å². The fraction of sp³-hybridized carbons (Fsp3) is 0.886. The highest BCUT2D eigenvalue weighted by atomic mass is 28.4. The Morgan fingerprint density at radius 2 is 1.83 bits per heavy atom. The Kier molecular flexibility index (Phi) is 8.82. The van der Waals surface area contributed by atoms with Gasteiger partial charge in [-0.3, -0.25) is 9.59 Å². The molecule has 0 N–H and O–H groups in total. The second kappa shape index (κ2) is 11.5. The van der Waals surface area contributed by atoms with Gasteiger partial charge in [0.15, 0.2) is 12.1 Å². The van der Waals surface area contributed by atoms with Crippen LogP contribution in [0.4, 0.5) is 0 Å². The second-order valence-corrected chi connectivity index (χ2v) is 21.2. The van der Waals surface area contributed by atoms with E-state index in [0.29, 0.717) is 35.9 Å². The molecule has 0 bridgehead atoms. The van der Waals surface area contributed by atoms with Crippen LogP contribution in [0.5, 0.6) is 0 Å². The molecule has 1 saturated heterocycles. The fourth-order valence-electron chi connectivity index (χ4n) is 9.53. The van der Waals surface area contributed by atoms with Gasteiger partial charge in [-0.2, -0.15) is 0 Å². The van der Waals surface area contributed by atoms with Crippen molar-refractivity contribution in [2.24, 2.45) is 40.4 Å². The third-order valence-electron chi connectivity index (χ3n) is 13.1. The highest BCUT2D eigenvalue weighted by Gasteiger charge is 2.61. The standard InChI is InChI=1S/C35H58O5Si/c1-23(12-15-30(37)40-41(7,8)33(2,3)4)26-13-14-27-32-28(17-19-35(26,27)6)34(5)18-16-25(21-24(34)22-29(32)36)39-31-11-9-10-20-38-31/h22-23,25-28,31-32H,9-21H2,1-8H3/t23-,25+,26-,27+,28+,31?,32+,34+,35-/m1/s1. The maximum atomic E-state index is 13.9. The summed E-state index contributed by atoms with van der Waals surface area (Å²) in [5, 5.41) is 0.0343. The molecular weight excluding hydrogens is 528 g/mol. The van der Waals surface area contributed by atoms with E-state index in [9.17, 15) is 9.59 Å². The van der Waals surface area contributed by atoms with Gasteiger partial charge in [0.1, 0.15) is 0 Å². The van der Waals surface area contributed by atoms with Gasteiger partial charge in [-0.15, -0.1) is 0 Å². The molecule has 1 unspecified atom stereocenters. The normalized spacial score (nSPS) is 40.2. The molecule has 0 spiro atoms. The number of allylic oxidation sites excluding steroid dienone is 1. The number of rotatable bonds is 7. The monoisotopic (exact) mass is 586 g/mol. The Morgan fingerprint density at radius 3 is 2.51 bits per heavy atom. The van der Waals surface area contributed by atoms with Crippen LogP contribution in [0.3, 0.4) is 0 Å². The zero-order valence-electron chi connectivity index (χ0n) is 27.4. The van der Waals surface area contributed by atoms with Gasteiger partial charge in [0.05, 0.1) is 6.10 Å². The van der Waals surface area contributed by atoms with E-state index < -0.39 is 8.32 Å². The van der Waals surface area contributed by atoms with Crippen molar-refractivity contribution in [2.75, 3.05) is 6.61 Å². The summed E-state index contributed by atoms with van der Waals surface area (Å²) < 4.78 is 18.3. The molecule has 9 atom stereocenters. The summed E-state index contributed by atoms with van der Waals surface area (Å²) in [5.74, 6) is 2.47. The maximum Gasteiger partial charge on any atom is 0.292 e. The quantitative estimate of drug-likeness (QED) is 0.280. The lowest BCUT2D eigenvalue weighted by Gasteiger charge is -2.57. The van der Waals surface area contributed by atoms with Gasteiger partial charge in [-0.1, -0.05) is 47.1 Å². The van der Waals surface area contributed by atoms with E-state index in [1.54, 1.807) is 0 Å². The minimum Gasteiger partial charge on any atom is -0.519 e. The Bertz CT molecular complexity index is 1020. The van der Waals surface area contributed by atoms with E-state index in [1.165, 1.54) is 24.8 Å². The van der Waals surface area contributed by atoms with Crippen LogP contribution in [0.2, 0.25) is 18.1 Å². The van der Waals surface area contributed by atoms with Crippen LogP contribution in [0.15, 0.2) is 11.6 Å². The number of ether oxygens (including phenoxy) is 2. The SMILES string of the molecule is C[C@H](CCC(=O)O[Si](C)(C)C(C)(C)C)[C@H]1CC[C@H]2[C@@H]3C(=O)C=C4C[C@@H](OC5CCCCO5)CC[C@]4(C)[C@H]3CC[C@]12C. The summed E-state index contributed by atoms with van der Waals surface area (Å²) in [6, 6.07) is 0. The third-order valence-corrected chi connectivity index (χ3v) is 17.5. The lowest BCUT2D eigenvalue weighted by Crippen LogP contribution is -2.54. The molecule has 5 nitrogen and oxygen atoms in total. The highest BCUT2D eigenvalue weighted by molar-refractivity contribution is 6.75. The summed E-state index contributed by atoms with van der Waals surface area (Å²) in [6.45, 7) is 19.0. The van der Waals surface area contributed by atoms with E-state index in [0.717, 1.165) is 58.0 Å². The average molecular weight is 587 g/mol. The van der Waals surface area contributed by atoms with E-state index in [1.807, 2.05) is 0 Å². The Balaban J connectivity index is 1.23. The third kappa shape index (κ3) is 5.92. The van der Waals surface area contributed by atoms with E-state index in [4.69, 9.17) is 13.9 Å². The van der Waals surface area contributed by atoms with Gasteiger partial charge >= 0.3 is 0 Å². The molecule has 0 amide bonds. The summed E-state index contributed by atoms with van der Waals surface area (Å²) in [7, 11) is -2.09. The first-order chi connectivity index (χ1) is 19.2. The van der Waals surface area contributed by atoms with Gasteiger partial charge in [0.25, 0.3) is 14.3 Å². The predicted molar refractivity (Wildman–Crippen MR) is 166 cm³/mol. The van der Waals surface area contributed by atoms with E-state index in [2.05, 4.69) is 60.7 Å². The van der Waals surface area contributed by atoms with Gasteiger partial charge in [0, 0.05) is 18.9 Å². The van der Waals surface area contributed by atoms with Crippen molar-refractivity contribution < 1.29 is 23.5 Å². The zero-order chi connectivity index (χ0) is 29.8. The van der Waals surface area contributed by atoms with E-state index in [-0.39, 0.29) is 40.1 Å². The molecule has 0 aromatic heterocycles. The topological polar surface area (TPSA) is 61.8 Å². The maximum absolute atomic E-state index is 13.9. The zero-order valence-corrected chi connectivity index (χ0v) is 28.4. The molecular formula is C35H58O5Si. The second-order valence-electron chi connectivity index (χ2n) is 16.5. The van der Waals surface area contributed by atoms with Gasteiger partial charge in [-0.25, -0.2) is 0 Å². The van der Waals surface area contributed by atoms with Gasteiger partial charge in [0.2, 0.25) is 0 Å². The predicted octanol–water partition coefficient (Wildman–Crippen LogP) is 8.62. The van der Waals surface area contributed by atoms with Crippen molar-refractivity contribution in [3.05, 3.63) is 11.6 Å². The molecule has 232 valence electrons. The minimum absolute atomic E-state index is 0.0190. The highest BCUT2D eigenvalue weighted by Crippen LogP contribution is 2.66. The van der Waals surface area contributed by atoms with Crippen LogP contribution in [-0.4, -0.2) is 39.1 Å². The van der Waals surface area contributed by atoms with Crippen molar-refractivity contribution >= 4 is 20.1 Å². The largest absolute Gasteiger partial charge is 0.519 e. The molecule has 4 aliphatic carbocycles. The molecule has 0 radical (unpaired) electrons. The molecule has 4 fully saturated rings. The molecule has 1 aliphatic heterocycles. The van der Waals surface area contributed by atoms with Crippen molar-refractivity contribution in [3.63, 3.8) is 0 Å². The smallest absolute Gasteiger partial charge is 0.292 e. The summed E-state index contributed by atoms with van der Waals surface area (Å²) in [4.78, 5) is 26.8. The summed E-state index contributed by atoms with van der Waals surface area (Å²) in [5.41, 5.74) is 1.65. The summed E-state index contributed by atoms with van der Waals surface area (Å²) >= 11 is 0. The molecule has 41 heavy (non-hydrogen) atoms. The number of carbonyl (C=O) groups is 2. The first-order valence-electron chi connectivity index (χ1n) is 16.9. The minimum atomic E-state index is -2.09. The molecule has 5 aliphatic rings. The fourth-order valence-corrected chi connectivity index (χ4v) is 10.5. The van der Waals surface area contributed by atoms with Crippen LogP contribution in [0.1, 0.15) is 119 Å². The van der Waals surface area contributed by atoms with Crippen molar-refractivity contribution in [1.82, 2.24) is 0 Å². The number of hydrogen-bond donors (Lipinski definition) is 0. The Hall–Kier alpha value is -0.983. The first-order valence-corrected chi connectivity index (χ1v) is 19.8. The Labute approximate surface area is 251 Å². The number of fused-ring (bicyclic) bond motifs is 5. The summed E-state index contributed by atoms with van der Waals surface area (Å²) in [6.07, 6.45) is 14.6. The molecule has 0 aromatic carbocycles. The van der Waals surface area contributed by atoms with Crippen LogP contribution >= 0.6 is 0 Å². The number of carbonyl (C=O) groups excluding carboxylic acids is 2. The van der Waals surface area contributed by atoms with Crippen molar-refractivity contribution in [1.29, 1.82) is 0 Å². The lowest BCUT2D eigenvalue weighted by molar-refractivity contribution is -0.195. The van der Waals surface area contributed by atoms with Crippen molar-refractivity contribution in [2.45, 2.75) is 149 Å². The van der Waals surface area contributed by atoms with Crippen LogP contribution in [0, 0.1) is 40.4 Å². The van der Waals surface area contributed by atoms with Crippen LogP contribution in [-0.2, 0) is 23.5 Å². The van der Waals surface area contributed by atoms with Crippen LogP contribution < -0.4 is 0 Å².